The summed E-state index contributed by atoms with van der Waals surface area (Å²) in [6.07, 6.45) is 0. The fraction of sp³-hybridized carbons (Fsp3) is 0.167. The highest BCUT2D eigenvalue weighted by molar-refractivity contribution is 7.20. The Balaban J connectivity index is 1.71. The van der Waals surface area contributed by atoms with Crippen molar-refractivity contribution in [3.63, 3.8) is 0 Å². The van der Waals surface area contributed by atoms with E-state index in [4.69, 9.17) is 16.3 Å². The molecule has 0 saturated carbocycles. The first kappa shape index (κ1) is 18.0. The number of hydrogen-bond donors (Lipinski definition) is 1. The van der Waals surface area contributed by atoms with Crippen molar-refractivity contribution in [3.05, 3.63) is 51.3 Å². The van der Waals surface area contributed by atoms with Gasteiger partial charge < -0.3 is 10.1 Å². The van der Waals surface area contributed by atoms with Crippen molar-refractivity contribution < 1.29 is 9.53 Å². The number of ether oxygens (including phenoxy) is 1. The van der Waals surface area contributed by atoms with Gasteiger partial charge in [-0.25, -0.2) is 4.98 Å². The number of thiophene rings is 1. The Morgan fingerprint density at radius 3 is 2.89 bits per heavy atom. The van der Waals surface area contributed by atoms with E-state index in [0.29, 0.717) is 26.8 Å². The van der Waals surface area contributed by atoms with Gasteiger partial charge in [-0.2, -0.15) is 9.78 Å². The molecule has 0 unspecified atom stereocenters. The zero-order valence-electron chi connectivity index (χ0n) is 14.5. The third-order valence-corrected chi connectivity index (χ3v) is 5.95. The number of carbonyl (C=O) groups excluding carboxylic acids is 1. The van der Waals surface area contributed by atoms with E-state index in [1.54, 1.807) is 16.8 Å². The number of para-hydroxylation sites is 1. The molecule has 1 aromatic carbocycles. The minimum absolute atomic E-state index is 0.232. The van der Waals surface area contributed by atoms with E-state index in [1.165, 1.54) is 22.7 Å². The van der Waals surface area contributed by atoms with E-state index >= 15 is 0 Å². The Hall–Kier alpha value is -2.42. The number of fused-ring (bicyclic) bond motifs is 1. The summed E-state index contributed by atoms with van der Waals surface area (Å²) in [6, 6.07) is 11.0. The summed E-state index contributed by atoms with van der Waals surface area (Å²) >= 11 is 8.64. The van der Waals surface area contributed by atoms with Crippen LogP contribution in [0.1, 0.15) is 22.3 Å². The first-order valence-electron chi connectivity index (χ1n) is 8.21. The maximum atomic E-state index is 12.5. The van der Waals surface area contributed by atoms with Gasteiger partial charge in [-0.05, 0) is 38.1 Å². The second-order valence-electron chi connectivity index (χ2n) is 5.67. The number of anilines is 1. The van der Waals surface area contributed by atoms with Crippen LogP contribution in [0.4, 0.5) is 5.82 Å². The van der Waals surface area contributed by atoms with Gasteiger partial charge in [0, 0.05) is 6.07 Å². The first-order chi connectivity index (χ1) is 13.0. The highest BCUT2D eigenvalue weighted by atomic mass is 35.5. The van der Waals surface area contributed by atoms with Crippen LogP contribution in [0.2, 0.25) is 4.34 Å². The van der Waals surface area contributed by atoms with Crippen LogP contribution in [0, 0.1) is 6.92 Å². The zero-order valence-corrected chi connectivity index (χ0v) is 16.9. The number of thiazole rings is 1. The molecule has 0 radical (unpaired) electrons. The molecule has 1 N–H and O–H groups in total. The molecule has 0 saturated heterocycles. The van der Waals surface area contributed by atoms with Crippen molar-refractivity contribution in [2.24, 2.45) is 0 Å². The Bertz CT molecular complexity index is 1130. The second kappa shape index (κ2) is 7.30. The van der Waals surface area contributed by atoms with Crippen LogP contribution < -0.4 is 10.1 Å². The molecular weight excluding hydrogens is 404 g/mol. The molecule has 4 aromatic rings. The lowest BCUT2D eigenvalue weighted by Gasteiger charge is -2.05. The molecule has 0 aliphatic heterocycles. The number of amides is 1. The van der Waals surface area contributed by atoms with Crippen LogP contribution in [-0.4, -0.2) is 27.3 Å². The number of aromatic nitrogens is 3. The number of rotatable bonds is 5. The number of nitrogens with zero attached hydrogens (tertiary/aromatic N) is 3. The molecule has 0 aliphatic carbocycles. The fourth-order valence-electron chi connectivity index (χ4n) is 2.62. The van der Waals surface area contributed by atoms with Crippen molar-refractivity contribution in [2.45, 2.75) is 13.8 Å². The molecule has 3 heterocycles. The maximum Gasteiger partial charge on any atom is 0.266 e. The summed E-state index contributed by atoms with van der Waals surface area (Å²) in [6.45, 7) is 4.37. The van der Waals surface area contributed by atoms with Gasteiger partial charge in [0.25, 0.3) is 5.91 Å². The van der Waals surface area contributed by atoms with Crippen molar-refractivity contribution >= 4 is 56.2 Å². The molecule has 6 nitrogen and oxygen atoms in total. The smallest absolute Gasteiger partial charge is 0.266 e. The summed E-state index contributed by atoms with van der Waals surface area (Å²) in [5, 5.41) is 8.04. The van der Waals surface area contributed by atoms with Crippen LogP contribution in [-0.2, 0) is 0 Å². The molecule has 27 heavy (non-hydrogen) atoms. The first-order valence-corrected chi connectivity index (χ1v) is 10.2. The average molecular weight is 419 g/mol. The molecule has 3 aromatic heterocycles. The molecule has 4 rings (SSSR count). The van der Waals surface area contributed by atoms with Crippen molar-refractivity contribution in [1.29, 1.82) is 0 Å². The van der Waals surface area contributed by atoms with Gasteiger partial charge in [0.05, 0.1) is 26.2 Å². The summed E-state index contributed by atoms with van der Waals surface area (Å²) < 4.78 is 8.86. The molecule has 0 atom stereocenters. The summed E-state index contributed by atoms with van der Waals surface area (Å²) in [7, 11) is 0. The van der Waals surface area contributed by atoms with E-state index in [9.17, 15) is 4.79 Å². The van der Waals surface area contributed by atoms with E-state index in [0.717, 1.165) is 21.7 Å². The Labute approximate surface area is 168 Å². The molecule has 9 heteroatoms. The van der Waals surface area contributed by atoms with Gasteiger partial charge in [0.15, 0.2) is 0 Å². The van der Waals surface area contributed by atoms with Gasteiger partial charge >= 0.3 is 0 Å². The minimum Gasteiger partial charge on any atom is -0.492 e. The number of halogens is 1. The van der Waals surface area contributed by atoms with Gasteiger partial charge in [-0.15, -0.1) is 11.3 Å². The van der Waals surface area contributed by atoms with Crippen LogP contribution in [0.5, 0.6) is 5.75 Å². The number of nitrogens with one attached hydrogen (secondary N) is 1. The molecular formula is C18H15ClN4O2S2. The predicted molar refractivity (Wildman–Crippen MR) is 110 cm³/mol. The summed E-state index contributed by atoms with van der Waals surface area (Å²) in [4.78, 5) is 17.7. The number of hydrogen-bond acceptors (Lipinski definition) is 6. The van der Waals surface area contributed by atoms with Crippen LogP contribution >= 0.6 is 34.3 Å². The Morgan fingerprint density at radius 2 is 2.15 bits per heavy atom. The fourth-order valence-corrected chi connectivity index (χ4v) is 4.51. The van der Waals surface area contributed by atoms with Crippen LogP contribution in [0.3, 0.4) is 0 Å². The molecule has 0 spiro atoms. The van der Waals surface area contributed by atoms with Crippen LogP contribution in [0.25, 0.3) is 15.3 Å². The van der Waals surface area contributed by atoms with E-state index in [-0.39, 0.29) is 5.91 Å². The van der Waals surface area contributed by atoms with Crippen molar-refractivity contribution in [3.8, 4) is 10.9 Å². The standard InChI is InChI=1S/C18H15ClN4O2S2/c1-3-25-11-5-4-6-12-16(11)21-18(27-12)23-15(9-10(2)22-23)20-17(24)13-7-8-14(19)26-13/h4-9H,3H2,1-2H3,(H,20,24). The monoisotopic (exact) mass is 418 g/mol. The van der Waals surface area contributed by atoms with Gasteiger partial charge in [-0.1, -0.05) is 29.0 Å². The lowest BCUT2D eigenvalue weighted by Crippen LogP contribution is -2.13. The van der Waals surface area contributed by atoms with E-state index in [1.807, 2.05) is 38.1 Å². The quantitative estimate of drug-likeness (QED) is 0.486. The van der Waals surface area contributed by atoms with Crippen molar-refractivity contribution in [2.75, 3.05) is 11.9 Å². The lowest BCUT2D eigenvalue weighted by molar-refractivity contribution is 0.103. The highest BCUT2D eigenvalue weighted by Gasteiger charge is 2.17. The van der Waals surface area contributed by atoms with Crippen LogP contribution in [0.15, 0.2) is 36.4 Å². The average Bonchev–Trinajstić information content (AvgIpc) is 3.33. The summed E-state index contributed by atoms with van der Waals surface area (Å²) in [5.74, 6) is 1.06. The summed E-state index contributed by atoms with van der Waals surface area (Å²) in [5.41, 5.74) is 1.56. The molecule has 1 amide bonds. The number of carbonyl (C=O) groups is 1. The second-order valence-corrected chi connectivity index (χ2v) is 8.40. The SMILES string of the molecule is CCOc1cccc2sc(-n3nc(C)cc3NC(=O)c3ccc(Cl)s3)nc12. The Morgan fingerprint density at radius 1 is 1.30 bits per heavy atom. The largest absolute Gasteiger partial charge is 0.492 e. The Kier molecular flexibility index (Phi) is 4.86. The topological polar surface area (TPSA) is 69.0 Å². The van der Waals surface area contributed by atoms with E-state index < -0.39 is 0 Å². The zero-order chi connectivity index (χ0) is 19.0. The lowest BCUT2D eigenvalue weighted by atomic mass is 10.3. The van der Waals surface area contributed by atoms with Gasteiger partial charge in [0.2, 0.25) is 5.13 Å². The van der Waals surface area contributed by atoms with Crippen molar-refractivity contribution in [1.82, 2.24) is 14.8 Å². The highest BCUT2D eigenvalue weighted by Crippen LogP contribution is 2.33. The molecule has 0 bridgehead atoms. The van der Waals surface area contributed by atoms with Gasteiger partial charge in [-0.3, -0.25) is 4.79 Å². The molecule has 0 fully saturated rings. The van der Waals surface area contributed by atoms with Gasteiger partial charge in [0.1, 0.15) is 17.1 Å². The minimum atomic E-state index is -0.232. The molecule has 138 valence electrons. The maximum absolute atomic E-state index is 12.5. The predicted octanol–water partition coefficient (Wildman–Crippen LogP) is 5.16. The number of aryl methyl sites for hydroxylation is 1. The van der Waals surface area contributed by atoms with E-state index in [2.05, 4.69) is 15.4 Å². The molecule has 0 aliphatic rings. The number of benzene rings is 1. The third kappa shape index (κ3) is 3.55. The third-order valence-electron chi connectivity index (χ3n) is 3.72. The normalized spacial score (nSPS) is 11.1.